The SMILES string of the molecule is CC(C)(C)Cc1cc(O)ccc1C(=O)c1ccc(O)cc1CC(C)(C)C. The first kappa shape index (κ1) is 20.0. The third-order valence-corrected chi connectivity index (χ3v) is 4.11. The Labute approximate surface area is 156 Å². The van der Waals surface area contributed by atoms with Crippen molar-refractivity contribution in [2.75, 3.05) is 0 Å². The fraction of sp³-hybridized carbons (Fsp3) is 0.435. The molecule has 2 rings (SSSR count). The van der Waals surface area contributed by atoms with Crippen LogP contribution in [-0.4, -0.2) is 16.0 Å². The summed E-state index contributed by atoms with van der Waals surface area (Å²) >= 11 is 0. The molecule has 3 heteroatoms. The molecule has 0 heterocycles. The van der Waals surface area contributed by atoms with Gasteiger partial charge < -0.3 is 10.2 Å². The first-order valence-electron chi connectivity index (χ1n) is 9.04. The number of aromatic hydroxyl groups is 2. The molecule has 140 valence electrons. The molecule has 3 nitrogen and oxygen atoms in total. The highest BCUT2D eigenvalue weighted by Crippen LogP contribution is 2.31. The van der Waals surface area contributed by atoms with Crippen molar-refractivity contribution in [2.24, 2.45) is 10.8 Å². The van der Waals surface area contributed by atoms with Gasteiger partial charge in [0.05, 0.1) is 0 Å². The minimum Gasteiger partial charge on any atom is -0.508 e. The van der Waals surface area contributed by atoms with E-state index in [2.05, 4.69) is 41.5 Å². The van der Waals surface area contributed by atoms with Gasteiger partial charge in [-0.15, -0.1) is 0 Å². The predicted octanol–water partition coefficient (Wildman–Crippen LogP) is 5.51. The lowest BCUT2D eigenvalue weighted by atomic mass is 9.82. The Hall–Kier alpha value is -2.29. The summed E-state index contributed by atoms with van der Waals surface area (Å²) in [7, 11) is 0. The molecule has 0 aliphatic rings. The van der Waals surface area contributed by atoms with Crippen LogP contribution < -0.4 is 0 Å². The van der Waals surface area contributed by atoms with E-state index in [-0.39, 0.29) is 28.1 Å². The molecule has 0 fully saturated rings. The Morgan fingerprint density at radius 2 is 1.08 bits per heavy atom. The molecule has 0 bridgehead atoms. The second-order valence-electron chi connectivity index (χ2n) is 9.49. The Bertz CT molecular complexity index is 738. The van der Waals surface area contributed by atoms with E-state index in [0.29, 0.717) is 24.0 Å². The summed E-state index contributed by atoms with van der Waals surface area (Å²) in [4.78, 5) is 13.3. The fourth-order valence-electron chi connectivity index (χ4n) is 3.18. The maximum Gasteiger partial charge on any atom is 0.193 e. The number of ketones is 1. The van der Waals surface area contributed by atoms with E-state index in [1.807, 2.05) is 0 Å². The van der Waals surface area contributed by atoms with Crippen LogP contribution in [-0.2, 0) is 12.8 Å². The van der Waals surface area contributed by atoms with E-state index in [9.17, 15) is 15.0 Å². The van der Waals surface area contributed by atoms with Crippen molar-refractivity contribution in [2.45, 2.75) is 54.4 Å². The van der Waals surface area contributed by atoms with Gasteiger partial charge in [-0.25, -0.2) is 0 Å². The van der Waals surface area contributed by atoms with Crippen LogP contribution in [0.25, 0.3) is 0 Å². The molecule has 0 aliphatic carbocycles. The van der Waals surface area contributed by atoms with Crippen molar-refractivity contribution in [3.8, 4) is 11.5 Å². The van der Waals surface area contributed by atoms with Crippen molar-refractivity contribution in [1.29, 1.82) is 0 Å². The number of hydrogen-bond acceptors (Lipinski definition) is 3. The molecular weight excluding hydrogens is 324 g/mol. The molecule has 0 saturated carbocycles. The van der Waals surface area contributed by atoms with Gasteiger partial charge in [0.25, 0.3) is 0 Å². The molecule has 0 atom stereocenters. The molecule has 0 radical (unpaired) electrons. The molecular formula is C23H30O3. The minimum absolute atomic E-state index is 0.00792. The van der Waals surface area contributed by atoms with Crippen molar-refractivity contribution < 1.29 is 15.0 Å². The second-order valence-corrected chi connectivity index (χ2v) is 9.49. The monoisotopic (exact) mass is 354 g/mol. The third-order valence-electron chi connectivity index (χ3n) is 4.11. The zero-order valence-corrected chi connectivity index (χ0v) is 16.7. The predicted molar refractivity (Wildman–Crippen MR) is 106 cm³/mol. The van der Waals surface area contributed by atoms with Crippen LogP contribution >= 0.6 is 0 Å². The number of phenols is 2. The van der Waals surface area contributed by atoms with Crippen molar-refractivity contribution in [1.82, 2.24) is 0 Å². The quantitative estimate of drug-likeness (QED) is 0.712. The first-order chi connectivity index (χ1) is 11.9. The van der Waals surface area contributed by atoms with Crippen LogP contribution in [0.15, 0.2) is 36.4 Å². The van der Waals surface area contributed by atoms with Gasteiger partial charge in [0.2, 0.25) is 0 Å². The highest BCUT2D eigenvalue weighted by molar-refractivity contribution is 6.11. The molecule has 0 aromatic heterocycles. The molecule has 2 N–H and O–H groups in total. The van der Waals surface area contributed by atoms with E-state index >= 15 is 0 Å². The van der Waals surface area contributed by atoms with Gasteiger partial charge in [0.15, 0.2) is 5.78 Å². The summed E-state index contributed by atoms with van der Waals surface area (Å²) < 4.78 is 0. The Morgan fingerprint density at radius 3 is 1.38 bits per heavy atom. The third kappa shape index (κ3) is 5.35. The molecule has 2 aromatic rings. The van der Waals surface area contributed by atoms with Gasteiger partial charge in [-0.2, -0.15) is 0 Å². The minimum atomic E-state index is -0.0662. The van der Waals surface area contributed by atoms with Crippen molar-refractivity contribution in [3.05, 3.63) is 58.7 Å². The zero-order chi connectivity index (χ0) is 19.7. The average molecular weight is 354 g/mol. The fourth-order valence-corrected chi connectivity index (χ4v) is 3.18. The maximum atomic E-state index is 13.3. The summed E-state index contributed by atoms with van der Waals surface area (Å²) in [6.07, 6.45) is 1.38. The van der Waals surface area contributed by atoms with Gasteiger partial charge >= 0.3 is 0 Å². The maximum absolute atomic E-state index is 13.3. The van der Waals surface area contributed by atoms with Crippen LogP contribution in [0.5, 0.6) is 11.5 Å². The van der Waals surface area contributed by atoms with Crippen LogP contribution in [0, 0.1) is 10.8 Å². The number of benzene rings is 2. The molecule has 0 unspecified atom stereocenters. The van der Waals surface area contributed by atoms with E-state index in [1.165, 1.54) is 0 Å². The summed E-state index contributed by atoms with van der Waals surface area (Å²) in [5, 5.41) is 19.8. The van der Waals surface area contributed by atoms with Gasteiger partial charge in [0.1, 0.15) is 11.5 Å². The Kier molecular flexibility index (Phi) is 5.50. The molecule has 26 heavy (non-hydrogen) atoms. The zero-order valence-electron chi connectivity index (χ0n) is 16.7. The largest absolute Gasteiger partial charge is 0.508 e. The molecule has 0 saturated heterocycles. The average Bonchev–Trinajstić information content (AvgIpc) is 2.43. The summed E-state index contributed by atoms with van der Waals surface area (Å²) in [6, 6.07) is 9.88. The van der Waals surface area contributed by atoms with Crippen LogP contribution in [0.4, 0.5) is 0 Å². The number of carbonyl (C=O) groups is 1. The van der Waals surface area contributed by atoms with Gasteiger partial charge in [0, 0.05) is 11.1 Å². The van der Waals surface area contributed by atoms with Crippen LogP contribution in [0.3, 0.4) is 0 Å². The molecule has 0 aliphatic heterocycles. The first-order valence-corrected chi connectivity index (χ1v) is 9.04. The number of carbonyl (C=O) groups excluding carboxylic acids is 1. The van der Waals surface area contributed by atoms with Crippen LogP contribution in [0.2, 0.25) is 0 Å². The van der Waals surface area contributed by atoms with Crippen LogP contribution in [0.1, 0.15) is 68.6 Å². The lowest BCUT2D eigenvalue weighted by Gasteiger charge is -2.22. The number of phenolic OH excluding ortho intramolecular Hbond substituents is 2. The normalized spacial score (nSPS) is 12.2. The summed E-state index contributed by atoms with van der Waals surface area (Å²) in [5.74, 6) is 0.270. The molecule has 0 spiro atoms. The highest BCUT2D eigenvalue weighted by Gasteiger charge is 2.23. The smallest absolute Gasteiger partial charge is 0.193 e. The van der Waals surface area contributed by atoms with E-state index in [1.54, 1.807) is 36.4 Å². The Balaban J connectivity index is 2.53. The molecule has 2 aromatic carbocycles. The topological polar surface area (TPSA) is 57.5 Å². The Morgan fingerprint density at radius 1 is 0.731 bits per heavy atom. The number of rotatable bonds is 4. The summed E-state index contributed by atoms with van der Waals surface area (Å²) in [6.45, 7) is 12.6. The standard InChI is InChI=1S/C23H30O3/c1-22(2,3)13-15-11-17(24)7-9-19(15)21(26)20-10-8-18(25)12-16(20)14-23(4,5)6/h7-12,24-25H,13-14H2,1-6H3. The van der Waals surface area contributed by atoms with Crippen molar-refractivity contribution >= 4 is 5.78 Å². The van der Waals surface area contributed by atoms with Crippen molar-refractivity contribution in [3.63, 3.8) is 0 Å². The summed E-state index contributed by atoms with van der Waals surface area (Å²) in [5.41, 5.74) is 2.89. The van der Waals surface area contributed by atoms with E-state index < -0.39 is 0 Å². The number of hydrogen-bond donors (Lipinski definition) is 2. The molecule has 0 amide bonds. The van der Waals surface area contributed by atoms with Gasteiger partial charge in [-0.3, -0.25) is 4.79 Å². The van der Waals surface area contributed by atoms with E-state index in [4.69, 9.17) is 0 Å². The van der Waals surface area contributed by atoms with Gasteiger partial charge in [-0.1, -0.05) is 41.5 Å². The van der Waals surface area contributed by atoms with E-state index in [0.717, 1.165) is 11.1 Å². The lowest BCUT2D eigenvalue weighted by Crippen LogP contribution is -2.16. The lowest BCUT2D eigenvalue weighted by molar-refractivity contribution is 0.103. The van der Waals surface area contributed by atoms with Gasteiger partial charge in [-0.05, 0) is 71.2 Å². The highest BCUT2D eigenvalue weighted by atomic mass is 16.3. The second kappa shape index (κ2) is 7.14.